The van der Waals surface area contributed by atoms with Crippen LogP contribution in [0.1, 0.15) is 34.5 Å². The van der Waals surface area contributed by atoms with E-state index in [1.165, 1.54) is 5.56 Å². The molecule has 0 aliphatic carbocycles. The monoisotopic (exact) mass is 427 g/mol. The van der Waals surface area contributed by atoms with E-state index in [1.54, 1.807) is 0 Å². The molecule has 0 fully saturated rings. The van der Waals surface area contributed by atoms with Gasteiger partial charge in [0.2, 0.25) is 5.91 Å². The van der Waals surface area contributed by atoms with Crippen LogP contribution < -0.4 is 5.32 Å². The highest BCUT2D eigenvalue weighted by molar-refractivity contribution is 5.76. The summed E-state index contributed by atoms with van der Waals surface area (Å²) in [7, 11) is 1.93. The number of amides is 1. The van der Waals surface area contributed by atoms with Gasteiger partial charge in [-0.15, -0.1) is 0 Å². The molecule has 0 aliphatic rings. The molecule has 2 aromatic heterocycles. The average molecular weight is 428 g/mol. The topological polar surface area (TPSA) is 64.7 Å². The molecule has 6 heteroatoms. The Hall–Kier alpha value is -3.67. The Morgan fingerprint density at radius 3 is 2.31 bits per heavy atom. The van der Waals surface area contributed by atoms with Crippen LogP contribution in [0.15, 0.2) is 66.9 Å². The fraction of sp³-hybridized carbons (Fsp3) is 0.269. The van der Waals surface area contributed by atoms with Crippen LogP contribution in [0.5, 0.6) is 0 Å². The molecule has 2 aromatic carbocycles. The van der Waals surface area contributed by atoms with E-state index in [1.807, 2.05) is 72.9 Å². The number of rotatable bonds is 8. The van der Waals surface area contributed by atoms with E-state index in [4.69, 9.17) is 5.10 Å². The Kier molecular flexibility index (Phi) is 6.50. The summed E-state index contributed by atoms with van der Waals surface area (Å²) in [5.74, 6) is 0.0301. The lowest BCUT2D eigenvalue weighted by molar-refractivity contribution is -0.121. The highest BCUT2D eigenvalue weighted by atomic mass is 16.1. The van der Waals surface area contributed by atoms with Crippen molar-refractivity contribution in [2.24, 2.45) is 7.05 Å². The first-order valence-corrected chi connectivity index (χ1v) is 10.9. The zero-order valence-corrected chi connectivity index (χ0v) is 18.9. The maximum atomic E-state index is 12.6. The smallest absolute Gasteiger partial charge is 0.220 e. The molecule has 0 radical (unpaired) electrons. The second kappa shape index (κ2) is 9.64. The first-order valence-electron chi connectivity index (χ1n) is 10.9. The number of hydrogen-bond acceptors (Lipinski definition) is 3. The standard InChI is InChI=1S/C26H29N5O/c1-19-24(20(2)30(3)28-19)14-15-25(32)27-16-23-18-31(17-21-10-6-4-7-11-21)29-26(23)22-12-8-5-9-13-22/h4-13,18H,14-17H2,1-3H3,(H,27,32). The van der Waals surface area contributed by atoms with Gasteiger partial charge in [-0.05, 0) is 31.4 Å². The number of nitrogens with zero attached hydrogens (tertiary/aromatic N) is 4. The van der Waals surface area contributed by atoms with Gasteiger partial charge in [0.15, 0.2) is 0 Å². The van der Waals surface area contributed by atoms with Crippen LogP contribution in [0.2, 0.25) is 0 Å². The molecule has 4 rings (SSSR count). The lowest BCUT2D eigenvalue weighted by Crippen LogP contribution is -2.23. The summed E-state index contributed by atoms with van der Waals surface area (Å²) in [6.45, 7) is 5.17. The lowest BCUT2D eigenvalue weighted by atomic mass is 10.1. The maximum absolute atomic E-state index is 12.6. The minimum atomic E-state index is 0.0301. The van der Waals surface area contributed by atoms with Crippen molar-refractivity contribution in [3.8, 4) is 11.3 Å². The Morgan fingerprint density at radius 2 is 1.66 bits per heavy atom. The highest BCUT2D eigenvalue weighted by Gasteiger charge is 2.14. The number of nitrogens with one attached hydrogen (secondary N) is 1. The van der Waals surface area contributed by atoms with Crippen LogP contribution in [-0.2, 0) is 31.4 Å². The third-order valence-corrected chi connectivity index (χ3v) is 5.81. The lowest BCUT2D eigenvalue weighted by Gasteiger charge is -2.06. The van der Waals surface area contributed by atoms with Crippen molar-refractivity contribution in [1.82, 2.24) is 24.9 Å². The Bertz CT molecular complexity index is 1190. The SMILES string of the molecule is Cc1nn(C)c(C)c1CCC(=O)NCc1cn(Cc2ccccc2)nc1-c1ccccc1. The van der Waals surface area contributed by atoms with E-state index in [0.717, 1.165) is 33.8 Å². The molecular formula is C26H29N5O. The largest absolute Gasteiger partial charge is 0.352 e. The van der Waals surface area contributed by atoms with Gasteiger partial charge in [0.1, 0.15) is 0 Å². The van der Waals surface area contributed by atoms with Gasteiger partial charge in [0.25, 0.3) is 0 Å². The van der Waals surface area contributed by atoms with Crippen molar-refractivity contribution in [2.75, 3.05) is 0 Å². The van der Waals surface area contributed by atoms with Gasteiger partial charge in [-0.2, -0.15) is 10.2 Å². The number of benzene rings is 2. The van der Waals surface area contributed by atoms with E-state index in [2.05, 4.69) is 34.7 Å². The minimum Gasteiger partial charge on any atom is -0.352 e. The molecule has 32 heavy (non-hydrogen) atoms. The van der Waals surface area contributed by atoms with Crippen LogP contribution in [0, 0.1) is 13.8 Å². The van der Waals surface area contributed by atoms with Crippen LogP contribution in [0.25, 0.3) is 11.3 Å². The second-order valence-electron chi connectivity index (χ2n) is 8.10. The Balaban J connectivity index is 1.46. The first-order chi connectivity index (χ1) is 15.5. The molecule has 0 aliphatic heterocycles. The number of aromatic nitrogens is 4. The first kappa shape index (κ1) is 21.6. The number of hydrogen-bond donors (Lipinski definition) is 1. The maximum Gasteiger partial charge on any atom is 0.220 e. The zero-order chi connectivity index (χ0) is 22.5. The molecule has 164 valence electrons. The van der Waals surface area contributed by atoms with Gasteiger partial charge >= 0.3 is 0 Å². The third-order valence-electron chi connectivity index (χ3n) is 5.81. The molecule has 2 heterocycles. The number of carbonyl (C=O) groups is 1. The molecule has 0 bridgehead atoms. The molecule has 1 amide bonds. The van der Waals surface area contributed by atoms with Gasteiger partial charge in [0, 0.05) is 43.0 Å². The molecule has 0 saturated carbocycles. The molecule has 0 saturated heterocycles. The van der Waals surface area contributed by atoms with Crippen molar-refractivity contribution in [3.05, 3.63) is 94.9 Å². The third kappa shape index (κ3) is 4.97. The van der Waals surface area contributed by atoms with Gasteiger partial charge in [-0.3, -0.25) is 14.2 Å². The molecule has 4 aromatic rings. The summed E-state index contributed by atoms with van der Waals surface area (Å²) < 4.78 is 3.82. The fourth-order valence-corrected chi connectivity index (χ4v) is 3.98. The van der Waals surface area contributed by atoms with Gasteiger partial charge in [-0.1, -0.05) is 60.7 Å². The van der Waals surface area contributed by atoms with Crippen molar-refractivity contribution in [1.29, 1.82) is 0 Å². The van der Waals surface area contributed by atoms with Crippen LogP contribution in [0.3, 0.4) is 0 Å². The second-order valence-corrected chi connectivity index (χ2v) is 8.10. The van der Waals surface area contributed by atoms with Crippen LogP contribution in [-0.4, -0.2) is 25.5 Å². The summed E-state index contributed by atoms with van der Waals surface area (Å²) in [6, 6.07) is 20.4. The molecule has 6 nitrogen and oxygen atoms in total. The predicted molar refractivity (Wildman–Crippen MR) is 126 cm³/mol. The Labute approximate surface area is 188 Å². The number of aryl methyl sites for hydroxylation is 2. The molecular weight excluding hydrogens is 398 g/mol. The molecule has 1 N–H and O–H groups in total. The predicted octanol–water partition coefficient (Wildman–Crippen LogP) is 4.20. The normalized spacial score (nSPS) is 11.0. The van der Waals surface area contributed by atoms with E-state index in [-0.39, 0.29) is 5.91 Å². The van der Waals surface area contributed by atoms with E-state index in [0.29, 0.717) is 25.9 Å². The molecule has 0 spiro atoms. The van der Waals surface area contributed by atoms with Gasteiger partial charge in [-0.25, -0.2) is 0 Å². The molecule has 0 atom stereocenters. The summed E-state index contributed by atoms with van der Waals surface area (Å²) in [5.41, 5.74) is 7.41. The fourth-order valence-electron chi connectivity index (χ4n) is 3.98. The zero-order valence-electron chi connectivity index (χ0n) is 18.9. The van der Waals surface area contributed by atoms with Crippen molar-refractivity contribution in [3.63, 3.8) is 0 Å². The minimum absolute atomic E-state index is 0.0301. The van der Waals surface area contributed by atoms with E-state index < -0.39 is 0 Å². The van der Waals surface area contributed by atoms with Crippen molar-refractivity contribution >= 4 is 5.91 Å². The average Bonchev–Trinajstić information content (AvgIpc) is 3.31. The van der Waals surface area contributed by atoms with E-state index >= 15 is 0 Å². The van der Waals surface area contributed by atoms with Crippen molar-refractivity contribution < 1.29 is 4.79 Å². The van der Waals surface area contributed by atoms with E-state index in [9.17, 15) is 4.79 Å². The number of carbonyl (C=O) groups excluding carboxylic acids is 1. The van der Waals surface area contributed by atoms with Crippen molar-refractivity contribution in [2.45, 2.75) is 39.8 Å². The highest BCUT2D eigenvalue weighted by Crippen LogP contribution is 2.22. The van der Waals surface area contributed by atoms with Gasteiger partial charge in [0.05, 0.1) is 17.9 Å². The van der Waals surface area contributed by atoms with Gasteiger partial charge < -0.3 is 5.32 Å². The molecule has 0 unspecified atom stereocenters. The summed E-state index contributed by atoms with van der Waals surface area (Å²) in [6.07, 6.45) is 3.16. The Morgan fingerprint density at radius 1 is 0.969 bits per heavy atom. The van der Waals surface area contributed by atoms with Crippen LogP contribution in [0.4, 0.5) is 0 Å². The summed E-state index contributed by atoms with van der Waals surface area (Å²) in [5, 5.41) is 12.3. The van der Waals surface area contributed by atoms with Crippen LogP contribution >= 0.6 is 0 Å². The summed E-state index contributed by atoms with van der Waals surface area (Å²) in [4.78, 5) is 12.6. The summed E-state index contributed by atoms with van der Waals surface area (Å²) >= 11 is 0. The quantitative estimate of drug-likeness (QED) is 0.458.